The summed E-state index contributed by atoms with van der Waals surface area (Å²) in [7, 11) is 0. The van der Waals surface area contributed by atoms with E-state index < -0.39 is 35.4 Å². The molecule has 0 spiro atoms. The lowest BCUT2D eigenvalue weighted by Crippen LogP contribution is -2.55. The number of hydrogen-bond donors (Lipinski definition) is 2. The summed E-state index contributed by atoms with van der Waals surface area (Å²) in [5.74, 6) is -4.21. The summed E-state index contributed by atoms with van der Waals surface area (Å²) < 4.78 is 63.7. The van der Waals surface area contributed by atoms with E-state index in [1.165, 1.54) is 6.92 Å². The maximum absolute atomic E-state index is 13.4. The average molecular weight is 297 g/mol. The molecule has 0 saturated heterocycles. The van der Waals surface area contributed by atoms with Gasteiger partial charge in [-0.15, -0.1) is 0 Å². The van der Waals surface area contributed by atoms with Crippen LogP contribution in [0.15, 0.2) is 18.2 Å². The molecule has 1 amide bonds. The van der Waals surface area contributed by atoms with E-state index in [4.69, 9.17) is 5.11 Å². The maximum atomic E-state index is 13.4. The van der Waals surface area contributed by atoms with Crippen LogP contribution in [0.1, 0.15) is 25.5 Å². The van der Waals surface area contributed by atoms with Gasteiger partial charge in [-0.25, -0.2) is 8.78 Å². The summed E-state index contributed by atoms with van der Waals surface area (Å²) in [4.78, 5) is 11.4. The SMILES string of the molecule is C[C@@H](NC(=O)C(C)(O)C(F)(F)F)c1cccc(F)c1F. The normalized spacial score (nSPS) is 16.4. The molecule has 0 heterocycles. The van der Waals surface area contributed by atoms with Crippen molar-refractivity contribution in [2.45, 2.75) is 31.7 Å². The molecule has 1 unspecified atom stereocenters. The Morgan fingerprint density at radius 3 is 2.35 bits per heavy atom. The maximum Gasteiger partial charge on any atom is 0.426 e. The Bertz CT molecular complexity index is 513. The van der Waals surface area contributed by atoms with Gasteiger partial charge in [0.25, 0.3) is 5.91 Å². The fourth-order valence-electron chi connectivity index (χ4n) is 1.40. The first kappa shape index (κ1) is 16.4. The van der Waals surface area contributed by atoms with E-state index in [0.717, 1.165) is 18.2 Å². The molecule has 20 heavy (non-hydrogen) atoms. The van der Waals surface area contributed by atoms with E-state index in [1.54, 1.807) is 5.32 Å². The summed E-state index contributed by atoms with van der Waals surface area (Å²) in [6.07, 6.45) is -5.18. The van der Waals surface area contributed by atoms with Gasteiger partial charge in [-0.2, -0.15) is 13.2 Å². The Balaban J connectivity index is 2.94. The third-order valence-electron chi connectivity index (χ3n) is 2.79. The molecule has 0 saturated carbocycles. The Labute approximate surface area is 111 Å². The number of halogens is 5. The van der Waals surface area contributed by atoms with Crippen LogP contribution in [0.25, 0.3) is 0 Å². The van der Waals surface area contributed by atoms with Crippen molar-refractivity contribution in [1.82, 2.24) is 5.32 Å². The molecule has 3 nitrogen and oxygen atoms in total. The van der Waals surface area contributed by atoms with Crippen LogP contribution in [-0.4, -0.2) is 22.8 Å². The topological polar surface area (TPSA) is 49.3 Å². The largest absolute Gasteiger partial charge is 0.426 e. The smallest absolute Gasteiger partial charge is 0.373 e. The van der Waals surface area contributed by atoms with Crippen LogP contribution in [0.2, 0.25) is 0 Å². The summed E-state index contributed by atoms with van der Waals surface area (Å²) in [6.45, 7) is 1.44. The van der Waals surface area contributed by atoms with Crippen LogP contribution >= 0.6 is 0 Å². The number of hydrogen-bond acceptors (Lipinski definition) is 2. The van der Waals surface area contributed by atoms with Gasteiger partial charge in [0.2, 0.25) is 5.60 Å². The zero-order valence-electron chi connectivity index (χ0n) is 10.6. The molecule has 1 aromatic carbocycles. The molecule has 2 atom stereocenters. The molecule has 1 rings (SSSR count). The zero-order chi connectivity index (χ0) is 15.7. The van der Waals surface area contributed by atoms with Crippen LogP contribution in [0.3, 0.4) is 0 Å². The molecule has 112 valence electrons. The van der Waals surface area contributed by atoms with E-state index in [-0.39, 0.29) is 12.5 Å². The molecule has 0 bridgehead atoms. The number of benzene rings is 1. The highest BCUT2D eigenvalue weighted by atomic mass is 19.4. The Hall–Kier alpha value is -1.70. The predicted molar refractivity (Wildman–Crippen MR) is 59.6 cm³/mol. The molecular weight excluding hydrogens is 285 g/mol. The van der Waals surface area contributed by atoms with Crippen LogP contribution in [0.5, 0.6) is 0 Å². The van der Waals surface area contributed by atoms with Crippen LogP contribution in [-0.2, 0) is 4.79 Å². The second-order valence-electron chi connectivity index (χ2n) is 4.41. The van der Waals surface area contributed by atoms with E-state index >= 15 is 0 Å². The number of amides is 1. The minimum Gasteiger partial charge on any atom is -0.373 e. The molecule has 0 aliphatic heterocycles. The van der Waals surface area contributed by atoms with Gasteiger partial charge in [0.1, 0.15) is 0 Å². The summed E-state index contributed by atoms with van der Waals surface area (Å²) in [5, 5.41) is 10.9. The minimum absolute atomic E-state index is 0.275. The van der Waals surface area contributed by atoms with Gasteiger partial charge < -0.3 is 10.4 Å². The first-order valence-electron chi connectivity index (χ1n) is 5.52. The molecule has 0 fully saturated rings. The molecular formula is C12H12F5NO2. The molecule has 0 aliphatic carbocycles. The molecule has 0 aliphatic rings. The van der Waals surface area contributed by atoms with E-state index in [9.17, 15) is 26.7 Å². The summed E-state index contributed by atoms with van der Waals surface area (Å²) in [6, 6.07) is 1.86. The molecule has 0 radical (unpaired) electrons. The van der Waals surface area contributed by atoms with Gasteiger partial charge in [0.05, 0.1) is 6.04 Å². The van der Waals surface area contributed by atoms with Crippen molar-refractivity contribution < 1.29 is 31.9 Å². The molecule has 1 aromatic rings. The third kappa shape index (κ3) is 3.06. The van der Waals surface area contributed by atoms with E-state index in [2.05, 4.69) is 0 Å². The third-order valence-corrected chi connectivity index (χ3v) is 2.79. The van der Waals surface area contributed by atoms with Gasteiger partial charge in [-0.1, -0.05) is 12.1 Å². The Morgan fingerprint density at radius 1 is 1.30 bits per heavy atom. The standard InChI is InChI=1S/C12H12F5NO2/c1-6(7-4-3-5-8(13)9(7)14)18-10(19)11(2,20)12(15,16)17/h3-6,20H,1-2H3,(H,18,19)/t6-,11?/m1/s1. The van der Waals surface area contributed by atoms with Crippen molar-refractivity contribution in [2.75, 3.05) is 0 Å². The van der Waals surface area contributed by atoms with E-state index in [0.29, 0.717) is 0 Å². The highest BCUT2D eigenvalue weighted by Gasteiger charge is 2.55. The second-order valence-corrected chi connectivity index (χ2v) is 4.41. The van der Waals surface area contributed by atoms with Crippen LogP contribution in [0.4, 0.5) is 22.0 Å². The lowest BCUT2D eigenvalue weighted by molar-refractivity contribution is -0.245. The van der Waals surface area contributed by atoms with Gasteiger partial charge in [-0.3, -0.25) is 4.79 Å². The number of carbonyl (C=O) groups is 1. The van der Waals surface area contributed by atoms with Crippen molar-refractivity contribution in [2.24, 2.45) is 0 Å². The average Bonchev–Trinajstić information content (AvgIpc) is 2.30. The first-order chi connectivity index (χ1) is 8.98. The second kappa shape index (κ2) is 5.35. The van der Waals surface area contributed by atoms with Crippen molar-refractivity contribution in [3.8, 4) is 0 Å². The van der Waals surface area contributed by atoms with Crippen molar-refractivity contribution >= 4 is 5.91 Å². The van der Waals surface area contributed by atoms with Gasteiger partial charge in [-0.05, 0) is 19.9 Å². The molecule has 8 heteroatoms. The lowest BCUT2D eigenvalue weighted by Gasteiger charge is -2.27. The molecule has 0 aromatic heterocycles. The number of carbonyl (C=O) groups excluding carboxylic acids is 1. The van der Waals surface area contributed by atoms with Crippen molar-refractivity contribution in [3.05, 3.63) is 35.4 Å². The Morgan fingerprint density at radius 2 is 1.85 bits per heavy atom. The van der Waals surface area contributed by atoms with Gasteiger partial charge in [0.15, 0.2) is 11.6 Å². The zero-order valence-corrected chi connectivity index (χ0v) is 10.6. The fourth-order valence-corrected chi connectivity index (χ4v) is 1.40. The van der Waals surface area contributed by atoms with Gasteiger partial charge >= 0.3 is 6.18 Å². The van der Waals surface area contributed by atoms with Gasteiger partial charge in [0, 0.05) is 5.56 Å². The Kier molecular flexibility index (Phi) is 4.38. The van der Waals surface area contributed by atoms with Crippen LogP contribution < -0.4 is 5.32 Å². The summed E-state index contributed by atoms with van der Waals surface area (Å²) in [5.41, 5.74) is -3.94. The molecule has 2 N–H and O–H groups in total. The first-order valence-corrected chi connectivity index (χ1v) is 5.52. The summed E-state index contributed by atoms with van der Waals surface area (Å²) >= 11 is 0. The number of rotatable bonds is 3. The minimum atomic E-state index is -5.18. The lowest BCUT2D eigenvalue weighted by atomic mass is 10.0. The quantitative estimate of drug-likeness (QED) is 0.842. The van der Waals surface area contributed by atoms with Crippen LogP contribution in [0, 0.1) is 11.6 Å². The highest BCUT2D eigenvalue weighted by Crippen LogP contribution is 2.31. The number of alkyl halides is 3. The predicted octanol–water partition coefficient (Wildman–Crippen LogP) is 2.46. The highest BCUT2D eigenvalue weighted by molar-refractivity contribution is 5.85. The number of nitrogens with one attached hydrogen (secondary N) is 1. The van der Waals surface area contributed by atoms with Crippen molar-refractivity contribution in [3.63, 3.8) is 0 Å². The number of aliphatic hydroxyl groups is 1. The fraction of sp³-hybridized carbons (Fsp3) is 0.417. The van der Waals surface area contributed by atoms with E-state index in [1.807, 2.05) is 0 Å². The monoisotopic (exact) mass is 297 g/mol. The van der Waals surface area contributed by atoms with Crippen molar-refractivity contribution in [1.29, 1.82) is 0 Å².